The zero-order valence-electron chi connectivity index (χ0n) is 7.62. The molecule has 1 saturated carbocycles. The van der Waals surface area contributed by atoms with Crippen molar-refractivity contribution in [2.24, 2.45) is 0 Å². The fraction of sp³-hybridized carbons (Fsp3) is 0.273. The number of nitriles is 1. The highest BCUT2D eigenvalue weighted by molar-refractivity contribution is 5.76. The summed E-state index contributed by atoms with van der Waals surface area (Å²) in [6.07, 6.45) is 3.66. The van der Waals surface area contributed by atoms with Gasteiger partial charge in [-0.3, -0.25) is 0 Å². The number of aromatic amines is 1. The molecule has 0 atom stereocenters. The molecule has 0 bridgehead atoms. The Labute approximate surface area is 81.4 Å². The number of H-pyrrole nitrogens is 1. The van der Waals surface area contributed by atoms with E-state index in [-0.39, 0.29) is 5.41 Å². The van der Waals surface area contributed by atoms with E-state index in [9.17, 15) is 0 Å². The second-order valence-electron chi connectivity index (χ2n) is 3.83. The molecule has 0 radical (unpaired) electrons. The first-order valence-electron chi connectivity index (χ1n) is 4.69. The maximum atomic E-state index is 9.06. The molecule has 14 heavy (non-hydrogen) atoms. The molecule has 1 aliphatic rings. The van der Waals surface area contributed by atoms with Gasteiger partial charge in [0.05, 0.1) is 28.8 Å². The average Bonchev–Trinajstić information content (AvgIpc) is 2.89. The van der Waals surface area contributed by atoms with Crippen LogP contribution in [-0.2, 0) is 5.41 Å². The lowest BCUT2D eigenvalue weighted by Gasteiger charge is -2.04. The van der Waals surface area contributed by atoms with Gasteiger partial charge in [0.25, 0.3) is 0 Å². The smallest absolute Gasteiger partial charge is 0.0931 e. The van der Waals surface area contributed by atoms with Gasteiger partial charge in [-0.25, -0.2) is 4.98 Å². The monoisotopic (exact) mass is 183 g/mol. The highest BCUT2D eigenvalue weighted by Crippen LogP contribution is 2.47. The number of aromatic nitrogens is 2. The standard InChI is InChI=1S/C11H9N3/c12-6-11(3-4-11)8-1-2-9-10(5-8)14-7-13-9/h1-2,5,7H,3-4H2,(H,13,14). The quantitative estimate of drug-likeness (QED) is 0.736. The van der Waals surface area contributed by atoms with Crippen molar-refractivity contribution in [3.63, 3.8) is 0 Å². The molecule has 1 aliphatic carbocycles. The minimum Gasteiger partial charge on any atom is -0.345 e. The number of rotatable bonds is 1. The molecule has 3 heteroatoms. The molecular weight excluding hydrogens is 174 g/mol. The number of nitrogens with zero attached hydrogens (tertiary/aromatic N) is 2. The van der Waals surface area contributed by atoms with E-state index < -0.39 is 0 Å². The topological polar surface area (TPSA) is 52.5 Å². The van der Waals surface area contributed by atoms with Gasteiger partial charge in [0, 0.05) is 0 Å². The maximum absolute atomic E-state index is 9.06. The summed E-state index contributed by atoms with van der Waals surface area (Å²) in [7, 11) is 0. The molecule has 2 aromatic rings. The third-order valence-electron chi connectivity index (χ3n) is 2.94. The van der Waals surface area contributed by atoms with E-state index in [0.29, 0.717) is 0 Å². The predicted molar refractivity (Wildman–Crippen MR) is 52.6 cm³/mol. The van der Waals surface area contributed by atoms with Crippen LogP contribution in [0.25, 0.3) is 11.0 Å². The number of benzene rings is 1. The summed E-state index contributed by atoms with van der Waals surface area (Å²) in [5, 5.41) is 9.06. The number of hydrogen-bond acceptors (Lipinski definition) is 2. The van der Waals surface area contributed by atoms with Crippen LogP contribution in [0.15, 0.2) is 24.5 Å². The first-order valence-corrected chi connectivity index (χ1v) is 4.69. The summed E-state index contributed by atoms with van der Waals surface area (Å²) in [6, 6.07) is 8.42. The molecule has 0 amide bonds. The third kappa shape index (κ3) is 0.882. The molecule has 3 rings (SSSR count). The Balaban J connectivity index is 2.19. The average molecular weight is 183 g/mol. The van der Waals surface area contributed by atoms with E-state index in [1.54, 1.807) is 6.33 Å². The normalized spacial score (nSPS) is 17.9. The van der Waals surface area contributed by atoms with Crippen LogP contribution in [0.3, 0.4) is 0 Å². The highest BCUT2D eigenvalue weighted by atomic mass is 14.9. The molecule has 3 nitrogen and oxygen atoms in total. The minimum absolute atomic E-state index is 0.195. The molecular formula is C11H9N3. The van der Waals surface area contributed by atoms with Crippen molar-refractivity contribution in [1.29, 1.82) is 5.26 Å². The molecule has 1 heterocycles. The van der Waals surface area contributed by atoms with Gasteiger partial charge in [-0.05, 0) is 30.5 Å². The summed E-state index contributed by atoms with van der Waals surface area (Å²) in [6.45, 7) is 0. The van der Waals surface area contributed by atoms with Gasteiger partial charge in [-0.2, -0.15) is 5.26 Å². The van der Waals surface area contributed by atoms with Crippen molar-refractivity contribution in [3.05, 3.63) is 30.1 Å². The minimum atomic E-state index is -0.195. The van der Waals surface area contributed by atoms with Gasteiger partial charge in [0.2, 0.25) is 0 Å². The van der Waals surface area contributed by atoms with Crippen LogP contribution < -0.4 is 0 Å². The summed E-state index contributed by atoms with van der Waals surface area (Å²) in [5.74, 6) is 0. The van der Waals surface area contributed by atoms with E-state index in [2.05, 4.69) is 16.0 Å². The highest BCUT2D eigenvalue weighted by Gasteiger charge is 2.44. The number of fused-ring (bicyclic) bond motifs is 1. The van der Waals surface area contributed by atoms with Crippen LogP contribution in [0.4, 0.5) is 0 Å². The number of nitrogens with one attached hydrogen (secondary N) is 1. The van der Waals surface area contributed by atoms with E-state index in [1.807, 2.05) is 18.2 Å². The van der Waals surface area contributed by atoms with E-state index in [4.69, 9.17) is 5.26 Å². The van der Waals surface area contributed by atoms with Crippen LogP contribution >= 0.6 is 0 Å². The van der Waals surface area contributed by atoms with E-state index in [1.165, 1.54) is 0 Å². The van der Waals surface area contributed by atoms with Crippen molar-refractivity contribution < 1.29 is 0 Å². The van der Waals surface area contributed by atoms with Crippen molar-refractivity contribution in [2.75, 3.05) is 0 Å². The number of imidazole rings is 1. The molecule has 1 N–H and O–H groups in total. The van der Waals surface area contributed by atoms with Gasteiger partial charge in [0.15, 0.2) is 0 Å². The SMILES string of the molecule is N#CC1(c2ccc3nc[nH]c3c2)CC1. The summed E-state index contributed by atoms with van der Waals surface area (Å²) >= 11 is 0. The lowest BCUT2D eigenvalue weighted by molar-refractivity contribution is 0.910. The molecule has 1 fully saturated rings. The van der Waals surface area contributed by atoms with Gasteiger partial charge in [-0.15, -0.1) is 0 Å². The Morgan fingerprint density at radius 1 is 1.43 bits per heavy atom. The molecule has 0 unspecified atom stereocenters. The molecule has 1 aromatic heterocycles. The summed E-state index contributed by atoms with van der Waals surface area (Å²) in [4.78, 5) is 7.21. The first kappa shape index (κ1) is 7.57. The van der Waals surface area contributed by atoms with Crippen LogP contribution in [0, 0.1) is 11.3 Å². The third-order valence-corrected chi connectivity index (χ3v) is 2.94. The first-order chi connectivity index (χ1) is 6.84. The Hall–Kier alpha value is -1.82. The van der Waals surface area contributed by atoms with Gasteiger partial charge in [0.1, 0.15) is 0 Å². The lowest BCUT2D eigenvalue weighted by Crippen LogP contribution is -2.01. The zero-order valence-corrected chi connectivity index (χ0v) is 7.62. The van der Waals surface area contributed by atoms with Gasteiger partial charge in [-0.1, -0.05) is 6.07 Å². The number of hydrogen-bond donors (Lipinski definition) is 1. The van der Waals surface area contributed by atoms with Crippen molar-refractivity contribution in [3.8, 4) is 6.07 Å². The van der Waals surface area contributed by atoms with Gasteiger partial charge < -0.3 is 4.98 Å². The molecule has 0 saturated heterocycles. The molecule has 1 aromatic carbocycles. The fourth-order valence-electron chi connectivity index (χ4n) is 1.82. The van der Waals surface area contributed by atoms with E-state index >= 15 is 0 Å². The molecule has 0 spiro atoms. The summed E-state index contributed by atoms with van der Waals surface area (Å²) in [5.41, 5.74) is 2.91. The largest absolute Gasteiger partial charge is 0.345 e. The lowest BCUT2D eigenvalue weighted by atomic mass is 9.97. The zero-order chi connectivity index (χ0) is 9.60. The van der Waals surface area contributed by atoms with Crippen LogP contribution in [0.1, 0.15) is 18.4 Å². The van der Waals surface area contributed by atoms with Gasteiger partial charge >= 0.3 is 0 Å². The van der Waals surface area contributed by atoms with Crippen molar-refractivity contribution in [1.82, 2.24) is 9.97 Å². The molecule has 0 aliphatic heterocycles. The van der Waals surface area contributed by atoms with Crippen LogP contribution in [-0.4, -0.2) is 9.97 Å². The maximum Gasteiger partial charge on any atom is 0.0931 e. The Bertz CT molecular complexity index is 529. The second-order valence-corrected chi connectivity index (χ2v) is 3.83. The van der Waals surface area contributed by atoms with E-state index in [0.717, 1.165) is 29.4 Å². The van der Waals surface area contributed by atoms with Crippen molar-refractivity contribution in [2.45, 2.75) is 18.3 Å². The van der Waals surface area contributed by atoms with Crippen LogP contribution in [0.2, 0.25) is 0 Å². The Morgan fingerprint density at radius 3 is 3.00 bits per heavy atom. The predicted octanol–water partition coefficient (Wildman–Crippen LogP) is 2.12. The summed E-state index contributed by atoms with van der Waals surface area (Å²) < 4.78 is 0. The Morgan fingerprint density at radius 2 is 2.29 bits per heavy atom. The fourth-order valence-corrected chi connectivity index (χ4v) is 1.82. The van der Waals surface area contributed by atoms with Crippen molar-refractivity contribution >= 4 is 11.0 Å². The Kier molecular flexibility index (Phi) is 1.27. The molecule has 68 valence electrons. The van der Waals surface area contributed by atoms with Crippen LogP contribution in [0.5, 0.6) is 0 Å². The second kappa shape index (κ2) is 2.36.